The van der Waals surface area contributed by atoms with Crippen molar-refractivity contribution in [2.45, 2.75) is 443 Å². The summed E-state index contributed by atoms with van der Waals surface area (Å²) in [6.07, 6.45) is 88.5. The zero-order valence-electron chi connectivity index (χ0n) is 55.3. The lowest BCUT2D eigenvalue weighted by Gasteiger charge is -2.22. The number of aliphatic hydroxyl groups is 2. The highest BCUT2D eigenvalue weighted by atomic mass is 16.5. The van der Waals surface area contributed by atoms with Crippen LogP contribution in [0.2, 0.25) is 0 Å². The predicted octanol–water partition coefficient (Wildman–Crippen LogP) is 24.3. The van der Waals surface area contributed by atoms with E-state index in [0.717, 1.165) is 38.5 Å². The van der Waals surface area contributed by atoms with Gasteiger partial charge in [-0.25, -0.2) is 0 Å². The zero-order chi connectivity index (χ0) is 58.5. The fourth-order valence-electron chi connectivity index (χ4n) is 12.1. The average molecular weight is 1140 g/mol. The normalized spacial score (nSPS) is 12.5. The number of carbonyl (C=O) groups is 2. The molecular formula is C75H147NO5. The number of esters is 1. The van der Waals surface area contributed by atoms with Crippen molar-refractivity contribution >= 4 is 11.9 Å². The molecule has 0 aromatic rings. The van der Waals surface area contributed by atoms with E-state index in [0.29, 0.717) is 25.9 Å². The summed E-state index contributed by atoms with van der Waals surface area (Å²) in [4.78, 5) is 24.6. The minimum absolute atomic E-state index is 0.0199. The standard InChI is InChI=1S/C75H147NO5/c1-3-5-7-9-11-13-15-17-19-20-21-31-34-37-40-43-47-51-55-59-63-67-73(78)72(71-77)76-74(79)68-64-60-56-52-48-44-41-38-35-32-29-27-25-23-22-24-26-28-30-33-36-39-42-46-50-54-58-62-66-70-81-75(80)69-65-61-57-53-49-45-18-16-14-12-10-8-6-4-2/h22,24,72-73,77-78H,3-21,23,25-71H2,1-2H3,(H,76,79)/b24-22-. The summed E-state index contributed by atoms with van der Waals surface area (Å²) in [6, 6.07) is -0.541. The van der Waals surface area contributed by atoms with Crippen LogP contribution in [0.4, 0.5) is 0 Å². The summed E-state index contributed by atoms with van der Waals surface area (Å²) in [5.74, 6) is -0.00891. The van der Waals surface area contributed by atoms with Gasteiger partial charge in [-0.2, -0.15) is 0 Å². The van der Waals surface area contributed by atoms with E-state index in [9.17, 15) is 19.8 Å². The minimum Gasteiger partial charge on any atom is -0.466 e. The van der Waals surface area contributed by atoms with Crippen LogP contribution >= 0.6 is 0 Å². The van der Waals surface area contributed by atoms with Gasteiger partial charge in [-0.15, -0.1) is 0 Å². The Morgan fingerprint density at radius 2 is 0.580 bits per heavy atom. The molecule has 3 N–H and O–H groups in total. The Balaban J connectivity index is 3.36. The van der Waals surface area contributed by atoms with Crippen molar-refractivity contribution in [2.24, 2.45) is 0 Å². The molecule has 0 aromatic heterocycles. The lowest BCUT2D eigenvalue weighted by molar-refractivity contribution is -0.143. The van der Waals surface area contributed by atoms with Crippen LogP contribution in [0.25, 0.3) is 0 Å². The number of unbranched alkanes of at least 4 members (excludes halogenated alkanes) is 58. The molecule has 0 fully saturated rings. The first-order valence-corrected chi connectivity index (χ1v) is 37.4. The Morgan fingerprint density at radius 3 is 0.877 bits per heavy atom. The quantitative estimate of drug-likeness (QED) is 0.0320. The van der Waals surface area contributed by atoms with Crippen LogP contribution in [0.5, 0.6) is 0 Å². The molecule has 0 rings (SSSR count). The molecule has 0 heterocycles. The molecule has 482 valence electrons. The first-order valence-electron chi connectivity index (χ1n) is 37.4. The number of aliphatic hydroxyl groups excluding tert-OH is 2. The minimum atomic E-state index is -0.664. The van der Waals surface area contributed by atoms with Crippen molar-refractivity contribution in [3.63, 3.8) is 0 Å². The number of allylic oxidation sites excluding steroid dienone is 2. The molecule has 0 aliphatic carbocycles. The summed E-state index contributed by atoms with van der Waals surface area (Å²) in [5.41, 5.74) is 0. The van der Waals surface area contributed by atoms with E-state index in [1.165, 1.54) is 360 Å². The van der Waals surface area contributed by atoms with Crippen molar-refractivity contribution in [2.75, 3.05) is 13.2 Å². The van der Waals surface area contributed by atoms with Crippen LogP contribution in [-0.4, -0.2) is 47.4 Å². The molecular weight excluding hydrogens is 995 g/mol. The van der Waals surface area contributed by atoms with Gasteiger partial charge < -0.3 is 20.3 Å². The van der Waals surface area contributed by atoms with Crippen molar-refractivity contribution in [3.8, 4) is 0 Å². The Bertz CT molecular complexity index is 1220. The van der Waals surface area contributed by atoms with Gasteiger partial charge in [-0.05, 0) is 51.4 Å². The lowest BCUT2D eigenvalue weighted by Crippen LogP contribution is -2.45. The van der Waals surface area contributed by atoms with E-state index in [1.807, 2.05) is 0 Å². The van der Waals surface area contributed by atoms with E-state index in [-0.39, 0.29) is 18.5 Å². The van der Waals surface area contributed by atoms with Crippen LogP contribution in [0.3, 0.4) is 0 Å². The molecule has 2 atom stereocenters. The molecule has 1 amide bonds. The summed E-state index contributed by atoms with van der Waals surface area (Å²) < 4.78 is 5.50. The first kappa shape index (κ1) is 79.6. The molecule has 6 heteroatoms. The van der Waals surface area contributed by atoms with Gasteiger partial charge in [0.05, 0.1) is 25.4 Å². The Kier molecular flexibility index (Phi) is 69.9. The SMILES string of the molecule is CCCCCCCCCCCCCCCCCCCCCCCC(O)C(CO)NC(=O)CCCCCCCCCCCCCCC/C=C\CCCCCCCCCCCCCCOC(=O)CCCCCCCCCCCCCCCC. The van der Waals surface area contributed by atoms with E-state index in [2.05, 4.69) is 31.3 Å². The van der Waals surface area contributed by atoms with Gasteiger partial charge in [0, 0.05) is 12.8 Å². The van der Waals surface area contributed by atoms with Gasteiger partial charge in [-0.3, -0.25) is 9.59 Å². The summed E-state index contributed by atoms with van der Waals surface area (Å²) in [7, 11) is 0. The van der Waals surface area contributed by atoms with E-state index in [1.54, 1.807) is 0 Å². The maximum absolute atomic E-state index is 12.6. The topological polar surface area (TPSA) is 95.9 Å². The fraction of sp³-hybridized carbons (Fsp3) is 0.947. The molecule has 0 saturated carbocycles. The van der Waals surface area contributed by atoms with Crippen LogP contribution in [0.15, 0.2) is 12.2 Å². The van der Waals surface area contributed by atoms with E-state index < -0.39 is 12.1 Å². The number of amides is 1. The molecule has 0 spiro atoms. The number of hydrogen-bond donors (Lipinski definition) is 3. The molecule has 81 heavy (non-hydrogen) atoms. The lowest BCUT2D eigenvalue weighted by atomic mass is 10.0. The monoisotopic (exact) mass is 1140 g/mol. The summed E-state index contributed by atoms with van der Waals surface area (Å²) in [6.45, 7) is 5.01. The van der Waals surface area contributed by atoms with Crippen molar-refractivity contribution in [1.29, 1.82) is 0 Å². The third-order valence-electron chi connectivity index (χ3n) is 17.8. The molecule has 0 radical (unpaired) electrons. The number of carbonyl (C=O) groups excluding carboxylic acids is 2. The number of rotatable bonds is 71. The van der Waals surface area contributed by atoms with Crippen molar-refractivity contribution < 1.29 is 24.5 Å². The molecule has 0 aromatic carbocycles. The van der Waals surface area contributed by atoms with Gasteiger partial charge in [0.25, 0.3) is 0 Å². The average Bonchev–Trinajstić information content (AvgIpc) is 3.47. The summed E-state index contributed by atoms with van der Waals surface area (Å²) >= 11 is 0. The molecule has 6 nitrogen and oxygen atoms in total. The highest BCUT2D eigenvalue weighted by Crippen LogP contribution is 2.20. The second-order valence-electron chi connectivity index (χ2n) is 26.0. The fourth-order valence-corrected chi connectivity index (χ4v) is 12.1. The second kappa shape index (κ2) is 71.1. The third kappa shape index (κ3) is 67.6. The van der Waals surface area contributed by atoms with Crippen LogP contribution in [-0.2, 0) is 14.3 Å². The van der Waals surface area contributed by atoms with E-state index >= 15 is 0 Å². The summed E-state index contributed by atoms with van der Waals surface area (Å²) in [5, 5.41) is 23.4. The second-order valence-corrected chi connectivity index (χ2v) is 26.0. The number of nitrogens with one attached hydrogen (secondary N) is 1. The molecule has 0 aliphatic rings. The third-order valence-corrected chi connectivity index (χ3v) is 17.8. The molecule has 0 saturated heterocycles. The maximum Gasteiger partial charge on any atom is 0.305 e. The highest BCUT2D eigenvalue weighted by molar-refractivity contribution is 5.76. The molecule has 0 aliphatic heterocycles. The molecule has 0 bridgehead atoms. The maximum atomic E-state index is 12.6. The first-order chi connectivity index (χ1) is 40.0. The van der Waals surface area contributed by atoms with Gasteiger partial charge in [-0.1, -0.05) is 379 Å². The zero-order valence-corrected chi connectivity index (χ0v) is 55.3. The van der Waals surface area contributed by atoms with Crippen LogP contribution < -0.4 is 5.32 Å². The smallest absolute Gasteiger partial charge is 0.305 e. The predicted molar refractivity (Wildman–Crippen MR) is 357 cm³/mol. The van der Waals surface area contributed by atoms with Crippen LogP contribution in [0, 0.1) is 0 Å². The Labute approximate surface area is 508 Å². The van der Waals surface area contributed by atoms with Crippen molar-refractivity contribution in [1.82, 2.24) is 5.32 Å². The number of hydrogen-bond acceptors (Lipinski definition) is 5. The van der Waals surface area contributed by atoms with Gasteiger partial charge in [0.15, 0.2) is 0 Å². The largest absolute Gasteiger partial charge is 0.466 e. The highest BCUT2D eigenvalue weighted by Gasteiger charge is 2.20. The Morgan fingerprint density at radius 1 is 0.333 bits per heavy atom. The molecule has 2 unspecified atom stereocenters. The Hall–Kier alpha value is -1.40. The number of ether oxygens (including phenoxy) is 1. The van der Waals surface area contributed by atoms with E-state index in [4.69, 9.17) is 4.74 Å². The van der Waals surface area contributed by atoms with Gasteiger partial charge >= 0.3 is 5.97 Å². The van der Waals surface area contributed by atoms with Crippen molar-refractivity contribution in [3.05, 3.63) is 12.2 Å². The van der Waals surface area contributed by atoms with Gasteiger partial charge in [0.2, 0.25) is 5.91 Å². The van der Waals surface area contributed by atoms with Gasteiger partial charge in [0.1, 0.15) is 0 Å². The van der Waals surface area contributed by atoms with Crippen LogP contribution in [0.1, 0.15) is 431 Å².